The molecule has 5 nitrogen and oxygen atoms in total. The number of hydrogen-bond donors (Lipinski definition) is 2. The fourth-order valence-electron chi connectivity index (χ4n) is 2.80. The molecule has 0 bridgehead atoms. The predicted octanol–water partition coefficient (Wildman–Crippen LogP) is 3.21. The monoisotopic (exact) mass is 322 g/mol. The van der Waals surface area contributed by atoms with Crippen molar-refractivity contribution < 1.29 is 4.79 Å². The van der Waals surface area contributed by atoms with Crippen molar-refractivity contribution >= 4 is 22.5 Å². The molecule has 0 aliphatic rings. The summed E-state index contributed by atoms with van der Waals surface area (Å²) in [6.07, 6.45) is 0.886. The summed E-state index contributed by atoms with van der Waals surface area (Å²) < 4.78 is 0. The van der Waals surface area contributed by atoms with Crippen molar-refractivity contribution in [1.29, 1.82) is 0 Å². The zero-order valence-electron chi connectivity index (χ0n) is 13.8. The molecular formula is C19H22N4O. The standard InChI is InChI=1S/C19H22N4O/c1-2-23(15-9-4-3-5-10-15)14-8-13-20-19(24)18-16-11-6-7-12-17(16)21-22-18/h3-7,9-12H,2,8,13-14H2,1H3,(H,20,24)(H,21,22). The molecule has 0 unspecified atom stereocenters. The number of aromatic amines is 1. The van der Waals surface area contributed by atoms with Gasteiger partial charge in [0.25, 0.3) is 5.91 Å². The van der Waals surface area contributed by atoms with Gasteiger partial charge in [-0.3, -0.25) is 9.89 Å². The van der Waals surface area contributed by atoms with E-state index >= 15 is 0 Å². The van der Waals surface area contributed by atoms with Gasteiger partial charge in [0.1, 0.15) is 0 Å². The molecule has 0 spiro atoms. The van der Waals surface area contributed by atoms with E-state index in [1.807, 2.05) is 42.5 Å². The Labute approximate surface area is 141 Å². The van der Waals surface area contributed by atoms with Crippen molar-refractivity contribution in [2.24, 2.45) is 0 Å². The number of para-hydroxylation sites is 2. The number of carbonyl (C=O) groups excluding carboxylic acids is 1. The molecule has 124 valence electrons. The lowest BCUT2D eigenvalue weighted by Crippen LogP contribution is -2.30. The summed E-state index contributed by atoms with van der Waals surface area (Å²) in [7, 11) is 0. The molecule has 0 saturated carbocycles. The minimum atomic E-state index is -0.129. The van der Waals surface area contributed by atoms with E-state index in [4.69, 9.17) is 0 Å². The molecule has 0 fully saturated rings. The van der Waals surface area contributed by atoms with E-state index in [0.717, 1.165) is 30.4 Å². The largest absolute Gasteiger partial charge is 0.372 e. The lowest BCUT2D eigenvalue weighted by atomic mass is 10.2. The van der Waals surface area contributed by atoms with E-state index in [-0.39, 0.29) is 5.91 Å². The van der Waals surface area contributed by atoms with Gasteiger partial charge in [0.2, 0.25) is 0 Å². The Morgan fingerprint density at radius 3 is 2.67 bits per heavy atom. The summed E-state index contributed by atoms with van der Waals surface area (Å²) in [5, 5.41) is 10.8. The average molecular weight is 322 g/mol. The molecule has 0 radical (unpaired) electrons. The zero-order valence-corrected chi connectivity index (χ0v) is 13.8. The number of rotatable bonds is 7. The van der Waals surface area contributed by atoms with Crippen LogP contribution in [0.4, 0.5) is 5.69 Å². The van der Waals surface area contributed by atoms with Crippen LogP contribution in [-0.4, -0.2) is 35.7 Å². The molecule has 3 rings (SSSR count). The van der Waals surface area contributed by atoms with Gasteiger partial charge in [0, 0.05) is 30.7 Å². The summed E-state index contributed by atoms with van der Waals surface area (Å²) in [5.74, 6) is -0.129. The van der Waals surface area contributed by atoms with Crippen molar-refractivity contribution in [3.8, 4) is 0 Å². The summed E-state index contributed by atoms with van der Waals surface area (Å²) >= 11 is 0. The van der Waals surface area contributed by atoms with Gasteiger partial charge in [0.15, 0.2) is 5.69 Å². The maximum atomic E-state index is 12.3. The van der Waals surface area contributed by atoms with E-state index in [1.54, 1.807) is 0 Å². The number of carbonyl (C=O) groups is 1. The van der Waals surface area contributed by atoms with Crippen molar-refractivity contribution in [1.82, 2.24) is 15.5 Å². The normalized spacial score (nSPS) is 10.7. The SMILES string of the molecule is CCN(CCCNC(=O)c1n[nH]c2ccccc12)c1ccccc1. The number of amides is 1. The van der Waals surface area contributed by atoms with E-state index in [1.165, 1.54) is 5.69 Å². The molecule has 0 saturated heterocycles. The van der Waals surface area contributed by atoms with Crippen LogP contribution in [0.15, 0.2) is 54.6 Å². The third-order valence-corrected chi connectivity index (χ3v) is 4.08. The molecule has 2 aromatic carbocycles. The van der Waals surface area contributed by atoms with Gasteiger partial charge in [-0.2, -0.15) is 5.10 Å². The highest BCUT2D eigenvalue weighted by molar-refractivity contribution is 6.04. The minimum Gasteiger partial charge on any atom is -0.372 e. The molecule has 0 atom stereocenters. The maximum Gasteiger partial charge on any atom is 0.272 e. The Morgan fingerprint density at radius 2 is 1.88 bits per heavy atom. The van der Waals surface area contributed by atoms with Crippen molar-refractivity contribution in [2.75, 3.05) is 24.5 Å². The molecule has 2 N–H and O–H groups in total. The van der Waals surface area contributed by atoms with Gasteiger partial charge < -0.3 is 10.2 Å². The van der Waals surface area contributed by atoms with Crippen LogP contribution >= 0.6 is 0 Å². The Bertz CT molecular complexity index is 797. The maximum absolute atomic E-state index is 12.3. The number of nitrogens with one attached hydrogen (secondary N) is 2. The van der Waals surface area contributed by atoms with Gasteiger partial charge in [-0.15, -0.1) is 0 Å². The average Bonchev–Trinajstić information content (AvgIpc) is 3.06. The quantitative estimate of drug-likeness (QED) is 0.657. The Hall–Kier alpha value is -2.82. The first kappa shape index (κ1) is 16.1. The lowest BCUT2D eigenvalue weighted by molar-refractivity contribution is 0.0950. The number of benzene rings is 2. The Balaban J connectivity index is 1.52. The highest BCUT2D eigenvalue weighted by atomic mass is 16.1. The molecule has 5 heteroatoms. The number of fused-ring (bicyclic) bond motifs is 1. The van der Waals surface area contributed by atoms with Crippen LogP contribution in [0.1, 0.15) is 23.8 Å². The first-order chi connectivity index (χ1) is 11.8. The van der Waals surface area contributed by atoms with Crippen LogP contribution in [0.25, 0.3) is 10.9 Å². The number of aromatic nitrogens is 2. The second-order valence-electron chi connectivity index (χ2n) is 5.64. The van der Waals surface area contributed by atoms with Gasteiger partial charge in [0.05, 0.1) is 5.52 Å². The fourth-order valence-corrected chi connectivity index (χ4v) is 2.80. The molecular weight excluding hydrogens is 300 g/mol. The molecule has 1 heterocycles. The van der Waals surface area contributed by atoms with Gasteiger partial charge >= 0.3 is 0 Å². The van der Waals surface area contributed by atoms with E-state index < -0.39 is 0 Å². The van der Waals surface area contributed by atoms with Gasteiger partial charge in [-0.1, -0.05) is 36.4 Å². The number of hydrogen-bond acceptors (Lipinski definition) is 3. The Kier molecular flexibility index (Phi) is 5.11. The number of anilines is 1. The summed E-state index contributed by atoms with van der Waals surface area (Å²) in [4.78, 5) is 14.6. The number of H-pyrrole nitrogens is 1. The van der Waals surface area contributed by atoms with Crippen LogP contribution in [0, 0.1) is 0 Å². The first-order valence-corrected chi connectivity index (χ1v) is 8.31. The molecule has 1 aromatic heterocycles. The predicted molar refractivity (Wildman–Crippen MR) is 97.4 cm³/mol. The lowest BCUT2D eigenvalue weighted by Gasteiger charge is -2.23. The van der Waals surface area contributed by atoms with Crippen molar-refractivity contribution in [3.05, 3.63) is 60.3 Å². The number of nitrogens with zero attached hydrogens (tertiary/aromatic N) is 2. The van der Waals surface area contributed by atoms with Crippen LogP contribution < -0.4 is 10.2 Å². The molecule has 3 aromatic rings. The summed E-state index contributed by atoms with van der Waals surface area (Å²) in [6, 6.07) is 18.0. The summed E-state index contributed by atoms with van der Waals surface area (Å²) in [5.41, 5.74) is 2.55. The highest BCUT2D eigenvalue weighted by Gasteiger charge is 2.13. The third kappa shape index (κ3) is 3.56. The molecule has 1 amide bonds. The molecule has 0 aliphatic carbocycles. The third-order valence-electron chi connectivity index (χ3n) is 4.08. The zero-order chi connectivity index (χ0) is 16.8. The molecule has 24 heavy (non-hydrogen) atoms. The topological polar surface area (TPSA) is 61.0 Å². The van der Waals surface area contributed by atoms with Gasteiger partial charge in [-0.05, 0) is 31.5 Å². The van der Waals surface area contributed by atoms with Crippen LogP contribution in [0.2, 0.25) is 0 Å². The van der Waals surface area contributed by atoms with Crippen LogP contribution in [0.5, 0.6) is 0 Å². The highest BCUT2D eigenvalue weighted by Crippen LogP contribution is 2.15. The fraction of sp³-hybridized carbons (Fsp3) is 0.263. The Morgan fingerprint density at radius 1 is 1.12 bits per heavy atom. The van der Waals surface area contributed by atoms with Crippen LogP contribution in [-0.2, 0) is 0 Å². The summed E-state index contributed by atoms with van der Waals surface area (Å²) in [6.45, 7) is 4.62. The second-order valence-corrected chi connectivity index (χ2v) is 5.64. The van der Waals surface area contributed by atoms with Crippen molar-refractivity contribution in [3.63, 3.8) is 0 Å². The van der Waals surface area contributed by atoms with Crippen LogP contribution in [0.3, 0.4) is 0 Å². The molecule has 0 aliphatic heterocycles. The van der Waals surface area contributed by atoms with Gasteiger partial charge in [-0.25, -0.2) is 0 Å². The van der Waals surface area contributed by atoms with E-state index in [9.17, 15) is 4.79 Å². The van der Waals surface area contributed by atoms with E-state index in [0.29, 0.717) is 12.2 Å². The first-order valence-electron chi connectivity index (χ1n) is 8.31. The minimum absolute atomic E-state index is 0.129. The van der Waals surface area contributed by atoms with Crippen molar-refractivity contribution in [2.45, 2.75) is 13.3 Å². The van der Waals surface area contributed by atoms with E-state index in [2.05, 4.69) is 39.5 Å². The smallest absolute Gasteiger partial charge is 0.272 e. The second kappa shape index (κ2) is 7.64.